The van der Waals surface area contributed by atoms with E-state index in [0.29, 0.717) is 11.3 Å². The van der Waals surface area contributed by atoms with Crippen LogP contribution in [0.4, 0.5) is 14.6 Å². The maximum atomic E-state index is 15.3. The number of rotatable bonds is 6. The van der Waals surface area contributed by atoms with E-state index in [2.05, 4.69) is 14.4 Å². The molecule has 9 nitrogen and oxygen atoms in total. The van der Waals surface area contributed by atoms with Crippen LogP contribution in [0.5, 0.6) is 5.75 Å². The fourth-order valence-electron chi connectivity index (χ4n) is 4.28. The summed E-state index contributed by atoms with van der Waals surface area (Å²) in [5, 5.41) is 3.66. The molecule has 0 radical (unpaired) electrons. The molecular formula is C24H19ClF2N4O5S. The molecule has 2 aromatic carbocycles. The largest absolute Gasteiger partial charge is 0.495 e. The first kappa shape index (κ1) is 24.9. The molecule has 192 valence electrons. The molecule has 0 unspecified atom stereocenters. The standard InChI is InChI=1S/C24H19ClF2N4O5S/c1-35-22-11-18(15-8-16(25)10-17(26)9-15)19(27)12-21(22)31-20-4-6-30(13-14(20)2-3-24(31)32)37(33,34)29-23-5-7-36-28-23/h2-3,5,7-12H,4,6,13H2,1H3,(H,28,29). The molecule has 2 aromatic heterocycles. The molecule has 0 spiro atoms. The van der Waals surface area contributed by atoms with Gasteiger partial charge < -0.3 is 9.26 Å². The third-order valence-electron chi connectivity index (χ3n) is 5.93. The number of hydrogen-bond donors (Lipinski definition) is 1. The van der Waals surface area contributed by atoms with Gasteiger partial charge in [-0.05, 0) is 35.4 Å². The Balaban J connectivity index is 1.55. The number of anilines is 1. The third kappa shape index (κ3) is 4.82. The summed E-state index contributed by atoms with van der Waals surface area (Å²) >= 11 is 5.94. The Morgan fingerprint density at radius 1 is 1.14 bits per heavy atom. The van der Waals surface area contributed by atoms with E-state index in [0.717, 1.165) is 18.2 Å². The van der Waals surface area contributed by atoms with Gasteiger partial charge in [0.05, 0.1) is 12.8 Å². The van der Waals surface area contributed by atoms with Crippen molar-refractivity contribution in [3.8, 4) is 22.6 Å². The number of pyridine rings is 1. The highest BCUT2D eigenvalue weighted by atomic mass is 35.5. The van der Waals surface area contributed by atoms with Crippen LogP contribution >= 0.6 is 11.6 Å². The van der Waals surface area contributed by atoms with Gasteiger partial charge in [-0.15, -0.1) is 0 Å². The van der Waals surface area contributed by atoms with E-state index < -0.39 is 27.4 Å². The number of fused-ring (bicyclic) bond motifs is 1. The molecule has 1 aliphatic rings. The van der Waals surface area contributed by atoms with Crippen LogP contribution < -0.4 is 15.0 Å². The third-order valence-corrected chi connectivity index (χ3v) is 7.60. The van der Waals surface area contributed by atoms with E-state index in [4.69, 9.17) is 16.3 Å². The average Bonchev–Trinajstić information content (AvgIpc) is 3.35. The van der Waals surface area contributed by atoms with Crippen molar-refractivity contribution in [3.05, 3.63) is 93.1 Å². The summed E-state index contributed by atoms with van der Waals surface area (Å²) in [5.74, 6) is -1.15. The monoisotopic (exact) mass is 548 g/mol. The molecule has 1 N–H and O–H groups in total. The Hall–Kier alpha value is -3.74. The van der Waals surface area contributed by atoms with Gasteiger partial charge in [0, 0.05) is 54.0 Å². The number of aromatic nitrogens is 2. The number of methoxy groups -OCH3 is 1. The second-order valence-corrected chi connectivity index (χ2v) is 10.3. The minimum atomic E-state index is -3.95. The highest BCUT2D eigenvalue weighted by Crippen LogP contribution is 2.35. The minimum Gasteiger partial charge on any atom is -0.495 e. The molecule has 4 aromatic rings. The van der Waals surface area contributed by atoms with E-state index in [1.54, 1.807) is 0 Å². The Morgan fingerprint density at radius 2 is 1.95 bits per heavy atom. The molecule has 5 rings (SSSR count). The molecule has 37 heavy (non-hydrogen) atoms. The van der Waals surface area contributed by atoms with Crippen LogP contribution in [0.3, 0.4) is 0 Å². The predicted molar refractivity (Wildman–Crippen MR) is 132 cm³/mol. The van der Waals surface area contributed by atoms with Crippen LogP contribution in [-0.4, -0.2) is 36.1 Å². The van der Waals surface area contributed by atoms with Crippen LogP contribution in [0.25, 0.3) is 16.8 Å². The summed E-state index contributed by atoms with van der Waals surface area (Å²) in [4.78, 5) is 13.0. The summed E-state index contributed by atoms with van der Waals surface area (Å²) in [6.07, 6.45) is 1.40. The van der Waals surface area contributed by atoms with Crippen LogP contribution in [0, 0.1) is 11.6 Å². The van der Waals surface area contributed by atoms with Crippen LogP contribution in [0.1, 0.15) is 11.3 Å². The Bertz CT molecular complexity index is 1640. The maximum Gasteiger partial charge on any atom is 0.303 e. The van der Waals surface area contributed by atoms with Gasteiger partial charge >= 0.3 is 10.2 Å². The smallest absolute Gasteiger partial charge is 0.303 e. The molecule has 0 saturated heterocycles. The van der Waals surface area contributed by atoms with Crippen molar-refractivity contribution < 1.29 is 26.5 Å². The number of nitrogens with one attached hydrogen (secondary N) is 1. The SMILES string of the molecule is COc1cc(-c2cc(F)cc(Cl)c2)c(F)cc1-n1c2c(ccc1=O)CN(S(=O)(=O)Nc1ccon1)CC2. The second kappa shape index (κ2) is 9.61. The molecule has 0 bridgehead atoms. The van der Waals surface area contributed by atoms with Crippen molar-refractivity contribution in [2.75, 3.05) is 18.4 Å². The van der Waals surface area contributed by atoms with Gasteiger partial charge in [-0.25, -0.2) is 8.78 Å². The van der Waals surface area contributed by atoms with E-state index in [1.807, 2.05) is 0 Å². The van der Waals surface area contributed by atoms with Crippen molar-refractivity contribution in [2.45, 2.75) is 13.0 Å². The Kier molecular flexibility index (Phi) is 6.48. The van der Waals surface area contributed by atoms with Crippen LogP contribution in [0.2, 0.25) is 5.02 Å². The second-order valence-electron chi connectivity index (χ2n) is 8.22. The summed E-state index contributed by atoms with van der Waals surface area (Å²) in [6, 6.07) is 10.3. The lowest BCUT2D eigenvalue weighted by molar-refractivity contribution is 0.384. The summed E-state index contributed by atoms with van der Waals surface area (Å²) in [5.41, 5.74) is 0.992. The first-order valence-corrected chi connectivity index (χ1v) is 12.7. The molecule has 13 heteroatoms. The van der Waals surface area contributed by atoms with Crippen LogP contribution in [0.15, 0.2) is 64.1 Å². The van der Waals surface area contributed by atoms with Gasteiger partial charge in [-0.1, -0.05) is 22.8 Å². The lowest BCUT2D eigenvalue weighted by Crippen LogP contribution is -2.41. The summed E-state index contributed by atoms with van der Waals surface area (Å²) < 4.78 is 69.8. The zero-order valence-electron chi connectivity index (χ0n) is 19.2. The average molecular weight is 549 g/mol. The van der Waals surface area contributed by atoms with Crippen molar-refractivity contribution in [1.29, 1.82) is 0 Å². The lowest BCUT2D eigenvalue weighted by atomic mass is 10.0. The molecule has 0 fully saturated rings. The maximum absolute atomic E-state index is 15.3. The molecule has 0 amide bonds. The number of ether oxygens (including phenoxy) is 1. The zero-order chi connectivity index (χ0) is 26.3. The minimum absolute atomic E-state index is 0.0343. The van der Waals surface area contributed by atoms with E-state index >= 15 is 4.39 Å². The normalized spacial score (nSPS) is 13.8. The predicted octanol–water partition coefficient (Wildman–Crippen LogP) is 4.15. The van der Waals surface area contributed by atoms with Crippen LogP contribution in [-0.2, 0) is 23.2 Å². The topological polar surface area (TPSA) is 107 Å². The lowest BCUT2D eigenvalue weighted by Gasteiger charge is -2.30. The fourth-order valence-corrected chi connectivity index (χ4v) is 5.64. The van der Waals surface area contributed by atoms with Gasteiger partial charge in [0.15, 0.2) is 5.82 Å². The fraction of sp³-hybridized carbons (Fsp3) is 0.167. The molecule has 1 aliphatic heterocycles. The van der Waals surface area contributed by atoms with E-state index in [9.17, 15) is 17.6 Å². The van der Waals surface area contributed by atoms with Gasteiger partial charge in [-0.2, -0.15) is 12.7 Å². The first-order valence-electron chi connectivity index (χ1n) is 10.9. The Morgan fingerprint density at radius 3 is 2.65 bits per heavy atom. The van der Waals surface area contributed by atoms with Gasteiger partial charge in [0.25, 0.3) is 5.56 Å². The molecular weight excluding hydrogens is 530 g/mol. The molecule has 3 heterocycles. The van der Waals surface area contributed by atoms with Gasteiger partial charge in [0.2, 0.25) is 0 Å². The highest BCUT2D eigenvalue weighted by Gasteiger charge is 2.30. The zero-order valence-corrected chi connectivity index (χ0v) is 20.8. The quantitative estimate of drug-likeness (QED) is 0.388. The number of benzene rings is 2. The first-order chi connectivity index (χ1) is 17.7. The van der Waals surface area contributed by atoms with E-state index in [-0.39, 0.29) is 52.9 Å². The highest BCUT2D eigenvalue weighted by molar-refractivity contribution is 7.90. The number of nitrogens with zero attached hydrogens (tertiary/aromatic N) is 3. The van der Waals surface area contributed by atoms with Crippen molar-refractivity contribution >= 4 is 27.6 Å². The van der Waals surface area contributed by atoms with Gasteiger partial charge in [-0.3, -0.25) is 14.1 Å². The van der Waals surface area contributed by atoms with Crippen molar-refractivity contribution in [1.82, 2.24) is 14.0 Å². The Labute approximate surface area is 215 Å². The van der Waals surface area contributed by atoms with E-state index in [1.165, 1.54) is 52.6 Å². The molecule has 0 atom stereocenters. The summed E-state index contributed by atoms with van der Waals surface area (Å²) in [7, 11) is -2.59. The number of hydrogen-bond acceptors (Lipinski definition) is 6. The van der Waals surface area contributed by atoms with Crippen molar-refractivity contribution in [3.63, 3.8) is 0 Å². The molecule has 0 saturated carbocycles. The number of halogens is 3. The van der Waals surface area contributed by atoms with Crippen molar-refractivity contribution in [2.24, 2.45) is 0 Å². The summed E-state index contributed by atoms with van der Waals surface area (Å²) in [6.45, 7) is 0.0157. The van der Waals surface area contributed by atoms with Gasteiger partial charge in [0.1, 0.15) is 23.6 Å². The molecule has 0 aliphatic carbocycles.